The van der Waals surface area contributed by atoms with Crippen molar-refractivity contribution in [3.63, 3.8) is 0 Å². The minimum absolute atomic E-state index is 0.102. The average Bonchev–Trinajstić information content (AvgIpc) is 3.57. The molecule has 2 heterocycles. The lowest BCUT2D eigenvalue weighted by Gasteiger charge is -2.30. The van der Waals surface area contributed by atoms with E-state index in [0.717, 1.165) is 67.8 Å². The molecular weight excluding hydrogens is 492 g/mol. The zero-order valence-electron chi connectivity index (χ0n) is 24.0. The Balaban J connectivity index is 1.71. The van der Waals surface area contributed by atoms with Crippen molar-refractivity contribution in [2.75, 3.05) is 46.5 Å². The molecule has 1 amide bonds. The molecule has 1 saturated heterocycles. The van der Waals surface area contributed by atoms with Crippen LogP contribution in [-0.2, 0) is 20.7 Å². The van der Waals surface area contributed by atoms with Gasteiger partial charge in [0, 0.05) is 38.0 Å². The van der Waals surface area contributed by atoms with Gasteiger partial charge >= 0.3 is 5.97 Å². The van der Waals surface area contributed by atoms with E-state index >= 15 is 0 Å². The first-order chi connectivity index (χ1) is 19.0. The number of ether oxygens (including phenoxy) is 3. The van der Waals surface area contributed by atoms with Crippen LogP contribution in [0.25, 0.3) is 0 Å². The molecule has 7 heteroatoms. The summed E-state index contributed by atoms with van der Waals surface area (Å²) in [5.41, 5.74) is 3.26. The largest absolute Gasteiger partial charge is 0.497 e. The van der Waals surface area contributed by atoms with Gasteiger partial charge in [0.1, 0.15) is 11.5 Å². The fourth-order valence-electron chi connectivity index (χ4n) is 5.92. The zero-order chi connectivity index (χ0) is 27.8. The van der Waals surface area contributed by atoms with Crippen molar-refractivity contribution in [1.82, 2.24) is 9.80 Å². The Bertz CT molecular complexity index is 1090. The molecule has 0 bridgehead atoms. The quantitative estimate of drug-likeness (QED) is 0.320. The topological polar surface area (TPSA) is 68.3 Å². The van der Waals surface area contributed by atoms with E-state index in [4.69, 9.17) is 14.2 Å². The number of carbonyl (C=O) groups is 2. The Kier molecular flexibility index (Phi) is 10.3. The van der Waals surface area contributed by atoms with Gasteiger partial charge in [-0.05, 0) is 54.7 Å². The van der Waals surface area contributed by atoms with E-state index in [0.29, 0.717) is 19.8 Å². The molecule has 0 spiro atoms. The van der Waals surface area contributed by atoms with Crippen molar-refractivity contribution in [1.29, 1.82) is 0 Å². The van der Waals surface area contributed by atoms with Crippen molar-refractivity contribution in [2.45, 2.75) is 64.8 Å². The third-order valence-electron chi connectivity index (χ3n) is 8.01. The maximum atomic E-state index is 13.7. The zero-order valence-corrected chi connectivity index (χ0v) is 24.0. The van der Waals surface area contributed by atoms with Gasteiger partial charge in [-0.25, -0.2) is 0 Å². The molecule has 0 aromatic heterocycles. The van der Waals surface area contributed by atoms with Crippen LogP contribution in [0.4, 0.5) is 0 Å². The van der Waals surface area contributed by atoms with Gasteiger partial charge in [-0.3, -0.25) is 14.5 Å². The highest BCUT2D eigenvalue weighted by Gasteiger charge is 2.48. The second-order valence-electron chi connectivity index (χ2n) is 10.6. The molecule has 2 aromatic rings. The first-order valence-corrected chi connectivity index (χ1v) is 14.6. The summed E-state index contributed by atoms with van der Waals surface area (Å²) in [6.45, 7) is 9.56. The average molecular weight is 537 g/mol. The van der Waals surface area contributed by atoms with Gasteiger partial charge in [-0.2, -0.15) is 0 Å². The fraction of sp³-hybridized carbons (Fsp3) is 0.562. The van der Waals surface area contributed by atoms with Crippen LogP contribution < -0.4 is 9.47 Å². The highest BCUT2D eigenvalue weighted by atomic mass is 16.5. The molecule has 0 radical (unpaired) electrons. The Labute approximate surface area is 233 Å². The van der Waals surface area contributed by atoms with Gasteiger partial charge in [0.25, 0.3) is 0 Å². The smallest absolute Gasteiger partial charge is 0.311 e. The first kappa shape index (κ1) is 28.9. The molecule has 2 aromatic carbocycles. The standard InChI is InChI=1S/C32H44N2O5/c1-5-8-17-33(18-9-6-2)29(35)22-34-21-27(24-12-15-28-25(20-24)16-19-39-28)30(32(36)38-7-3)31(34)23-10-13-26(37-4)14-11-23/h10-15,20,27,30-31H,5-9,16-19,21-22H2,1-4H3/t27-,30-,31+/m1/s1. The molecule has 0 unspecified atom stereocenters. The maximum absolute atomic E-state index is 13.7. The lowest BCUT2D eigenvalue weighted by Crippen LogP contribution is -2.42. The summed E-state index contributed by atoms with van der Waals surface area (Å²) in [5, 5.41) is 0. The van der Waals surface area contributed by atoms with Crippen LogP contribution >= 0.6 is 0 Å². The van der Waals surface area contributed by atoms with Crippen LogP contribution in [0.15, 0.2) is 42.5 Å². The van der Waals surface area contributed by atoms with Crippen LogP contribution in [0.1, 0.15) is 75.1 Å². The van der Waals surface area contributed by atoms with Crippen LogP contribution in [0.3, 0.4) is 0 Å². The summed E-state index contributed by atoms with van der Waals surface area (Å²) in [7, 11) is 1.64. The second-order valence-corrected chi connectivity index (χ2v) is 10.6. The number of nitrogens with zero attached hydrogens (tertiary/aromatic N) is 2. The first-order valence-electron chi connectivity index (χ1n) is 14.6. The summed E-state index contributed by atoms with van der Waals surface area (Å²) >= 11 is 0. The van der Waals surface area contributed by atoms with Crippen molar-refractivity contribution in [3.8, 4) is 11.5 Å². The molecular formula is C32H44N2O5. The van der Waals surface area contributed by atoms with Gasteiger partial charge in [0.2, 0.25) is 5.91 Å². The number of carbonyl (C=O) groups excluding carboxylic acids is 2. The third kappa shape index (κ3) is 6.75. The maximum Gasteiger partial charge on any atom is 0.311 e. The monoisotopic (exact) mass is 536 g/mol. The molecule has 1 fully saturated rings. The molecule has 0 N–H and O–H groups in total. The van der Waals surface area contributed by atoms with E-state index in [2.05, 4.69) is 30.9 Å². The highest BCUT2D eigenvalue weighted by molar-refractivity contribution is 5.80. The lowest BCUT2D eigenvalue weighted by molar-refractivity contribution is -0.150. The van der Waals surface area contributed by atoms with Crippen LogP contribution in [0, 0.1) is 5.92 Å². The summed E-state index contributed by atoms with van der Waals surface area (Å²) in [6.07, 6.45) is 4.94. The van der Waals surface area contributed by atoms with Gasteiger partial charge in [0.15, 0.2) is 0 Å². The molecule has 0 aliphatic carbocycles. The molecule has 2 aliphatic rings. The number of amides is 1. The number of fused-ring (bicyclic) bond motifs is 1. The van der Waals surface area contributed by atoms with E-state index < -0.39 is 5.92 Å². The number of hydrogen-bond acceptors (Lipinski definition) is 6. The lowest BCUT2D eigenvalue weighted by atomic mass is 9.82. The Morgan fingerprint density at radius 2 is 1.69 bits per heavy atom. The Hall–Kier alpha value is -3.06. The summed E-state index contributed by atoms with van der Waals surface area (Å²) in [5.74, 6) is 1.05. The highest BCUT2D eigenvalue weighted by Crippen LogP contribution is 2.47. The molecule has 2 aliphatic heterocycles. The predicted molar refractivity (Wildman–Crippen MR) is 152 cm³/mol. The molecule has 4 rings (SSSR count). The molecule has 0 saturated carbocycles. The third-order valence-corrected chi connectivity index (χ3v) is 8.01. The number of hydrogen-bond donors (Lipinski definition) is 0. The van der Waals surface area contributed by atoms with Crippen molar-refractivity contribution in [3.05, 3.63) is 59.2 Å². The molecule has 7 nitrogen and oxygen atoms in total. The SMILES string of the molecule is CCCCN(CCCC)C(=O)CN1C[C@H](c2ccc3c(c2)CCO3)[C@@H](C(=O)OCC)[C@@H]1c1ccc(OC)cc1. The number of methoxy groups -OCH3 is 1. The fourth-order valence-corrected chi connectivity index (χ4v) is 5.92. The van der Waals surface area contributed by atoms with Crippen LogP contribution in [0.5, 0.6) is 11.5 Å². The molecule has 212 valence electrons. The van der Waals surface area contributed by atoms with Crippen LogP contribution in [-0.4, -0.2) is 68.2 Å². The molecule has 3 atom stereocenters. The van der Waals surface area contributed by atoms with Gasteiger partial charge in [-0.15, -0.1) is 0 Å². The summed E-state index contributed by atoms with van der Waals surface area (Å²) in [6, 6.07) is 13.9. The Morgan fingerprint density at radius 3 is 2.33 bits per heavy atom. The summed E-state index contributed by atoms with van der Waals surface area (Å²) < 4.78 is 16.8. The van der Waals surface area contributed by atoms with Gasteiger partial charge in [0.05, 0.1) is 32.8 Å². The van der Waals surface area contributed by atoms with Gasteiger partial charge < -0.3 is 19.1 Å². The van der Waals surface area contributed by atoms with Crippen molar-refractivity contribution in [2.24, 2.45) is 5.92 Å². The number of benzene rings is 2. The second kappa shape index (κ2) is 13.8. The minimum Gasteiger partial charge on any atom is -0.497 e. The summed E-state index contributed by atoms with van der Waals surface area (Å²) in [4.78, 5) is 31.6. The van der Waals surface area contributed by atoms with E-state index in [9.17, 15) is 9.59 Å². The number of esters is 1. The van der Waals surface area contributed by atoms with E-state index in [1.54, 1.807) is 7.11 Å². The van der Waals surface area contributed by atoms with Crippen molar-refractivity contribution >= 4 is 11.9 Å². The number of unbranched alkanes of at least 4 members (excludes halogenated alkanes) is 2. The number of rotatable bonds is 13. The number of likely N-dealkylation sites (tertiary alicyclic amines) is 1. The predicted octanol–water partition coefficient (Wildman–Crippen LogP) is 5.38. The van der Waals surface area contributed by atoms with E-state index in [1.807, 2.05) is 42.2 Å². The minimum atomic E-state index is -0.439. The normalized spacial score (nSPS) is 20.4. The van der Waals surface area contributed by atoms with E-state index in [-0.39, 0.29) is 30.4 Å². The van der Waals surface area contributed by atoms with Gasteiger partial charge in [-0.1, -0.05) is 51.0 Å². The van der Waals surface area contributed by atoms with Crippen LogP contribution in [0.2, 0.25) is 0 Å². The Morgan fingerprint density at radius 1 is 1.00 bits per heavy atom. The molecule has 39 heavy (non-hydrogen) atoms. The van der Waals surface area contributed by atoms with E-state index in [1.165, 1.54) is 5.56 Å². The van der Waals surface area contributed by atoms with Crippen molar-refractivity contribution < 1.29 is 23.8 Å².